The Labute approximate surface area is 282 Å². The maximum absolute atomic E-state index is 6.23. The van der Waals surface area contributed by atoms with Gasteiger partial charge in [0.05, 0.1) is 22.3 Å². The van der Waals surface area contributed by atoms with Crippen molar-refractivity contribution in [2.45, 2.75) is 0 Å². The molecule has 0 fully saturated rings. The van der Waals surface area contributed by atoms with Crippen LogP contribution in [-0.4, -0.2) is 21.6 Å². The molecule has 0 bridgehead atoms. The highest BCUT2D eigenvalue weighted by Crippen LogP contribution is 2.31. The first-order valence-electron chi connectivity index (χ1n) is 13.1. The number of fused-ring (bicyclic) bond motifs is 2. The summed E-state index contributed by atoms with van der Waals surface area (Å²) >= 11 is 0. The first kappa shape index (κ1) is 34.7. The second kappa shape index (κ2) is 13.9. The van der Waals surface area contributed by atoms with Gasteiger partial charge in [-0.15, -0.1) is 0 Å². The van der Waals surface area contributed by atoms with Gasteiger partial charge in [0.25, 0.3) is 23.3 Å². The molecular formula is C32H28Cl4N8O. The summed E-state index contributed by atoms with van der Waals surface area (Å²) in [7, 11) is 0. The van der Waals surface area contributed by atoms with Crippen LogP contribution in [0.1, 0.15) is 11.1 Å². The van der Waals surface area contributed by atoms with Gasteiger partial charge in [0.2, 0.25) is 0 Å². The lowest BCUT2D eigenvalue weighted by Gasteiger charge is -2.00. The third-order valence-corrected chi connectivity index (χ3v) is 7.27. The highest BCUT2D eigenvalue weighted by Gasteiger charge is 2.17. The molecule has 7 aromatic rings. The van der Waals surface area contributed by atoms with E-state index in [1.54, 1.807) is 0 Å². The number of hydrogen-bond donors (Lipinski definition) is 6. The number of rotatable bonds is 6. The molecule has 0 saturated carbocycles. The maximum Gasteiger partial charge on any atom is 0.285 e. The summed E-state index contributed by atoms with van der Waals surface area (Å²) in [6.45, 7) is 0. The molecule has 0 unspecified atom stereocenters. The summed E-state index contributed by atoms with van der Waals surface area (Å²) in [6.07, 6.45) is 0. The Kier molecular flexibility index (Phi) is 10.7. The normalized spacial score (nSPS) is 10.3. The monoisotopic (exact) mass is 680 g/mol. The highest BCUT2D eigenvalue weighted by atomic mass is 35.5. The number of nitrogens with two attached hydrogens (primary N) is 4. The van der Waals surface area contributed by atoms with E-state index in [0.29, 0.717) is 11.7 Å². The largest absolute Gasteiger partial charge is 1.00 e. The van der Waals surface area contributed by atoms with Gasteiger partial charge in [0.1, 0.15) is 11.5 Å². The number of halogens is 4. The van der Waals surface area contributed by atoms with Crippen molar-refractivity contribution in [3.05, 3.63) is 108 Å². The van der Waals surface area contributed by atoms with Crippen LogP contribution < -0.4 is 81.9 Å². The lowest BCUT2D eigenvalue weighted by Crippen LogP contribution is -3.00. The Morgan fingerprint density at radius 3 is 1.22 bits per heavy atom. The number of H-pyrrole nitrogens is 4. The fraction of sp³-hybridized carbons (Fsp3) is 0. The molecule has 0 aliphatic heterocycles. The van der Waals surface area contributed by atoms with Gasteiger partial charge in [-0.25, -0.2) is 19.9 Å². The first-order valence-corrected chi connectivity index (χ1v) is 13.1. The van der Waals surface area contributed by atoms with Crippen molar-refractivity contribution in [2.75, 3.05) is 0 Å². The molecule has 9 nitrogen and oxygen atoms in total. The first-order chi connectivity index (χ1) is 19.9. The summed E-state index contributed by atoms with van der Waals surface area (Å²) < 4.78 is 6.23. The van der Waals surface area contributed by atoms with Gasteiger partial charge in [0.15, 0.2) is 22.1 Å². The van der Waals surface area contributed by atoms with Crippen LogP contribution in [0.25, 0.3) is 67.5 Å². The molecule has 7 rings (SSSR count). The third kappa shape index (κ3) is 6.67. The molecule has 3 aromatic heterocycles. The molecule has 0 aliphatic rings. The van der Waals surface area contributed by atoms with Crippen molar-refractivity contribution in [1.82, 2.24) is 9.97 Å². The smallest absolute Gasteiger partial charge is 0.285 e. The van der Waals surface area contributed by atoms with Gasteiger partial charge in [-0.3, -0.25) is 22.3 Å². The van der Waals surface area contributed by atoms with Crippen LogP contribution in [0.5, 0.6) is 0 Å². The number of furan rings is 1. The summed E-state index contributed by atoms with van der Waals surface area (Å²) in [5.41, 5.74) is 20.9. The van der Waals surface area contributed by atoms with Gasteiger partial charge < -0.3 is 54.0 Å². The molecule has 0 spiro atoms. The molecule has 0 amide bonds. The van der Waals surface area contributed by atoms with E-state index < -0.39 is 0 Å². The van der Waals surface area contributed by atoms with E-state index in [9.17, 15) is 0 Å². The van der Waals surface area contributed by atoms with Gasteiger partial charge >= 0.3 is 0 Å². The van der Waals surface area contributed by atoms with Crippen LogP contribution in [0.4, 0.5) is 0 Å². The molecule has 230 valence electrons. The van der Waals surface area contributed by atoms with Gasteiger partial charge in [-0.2, -0.15) is 0 Å². The van der Waals surface area contributed by atoms with E-state index in [4.69, 9.17) is 26.7 Å². The minimum Gasteiger partial charge on any atom is -1.00 e. The molecular weight excluding hydrogens is 654 g/mol. The SMILES string of the molecule is NC(=[NH2+])c1ccc2[nH+]c(-c3ccc(-c4ccc(-c5ccc(-c6[nH]c7cc(C(N)=[NH2+])ccc7[nH+]6)cc5)o4)cc3)[nH]c2c1.[Cl-].[Cl-].[Cl-].[Cl-]. The average molecular weight is 682 g/mol. The van der Waals surface area contributed by atoms with Gasteiger partial charge in [-0.1, -0.05) is 24.3 Å². The molecule has 12 N–H and O–H groups in total. The van der Waals surface area contributed by atoms with Gasteiger partial charge in [-0.05, 0) is 60.7 Å². The van der Waals surface area contributed by atoms with Crippen molar-refractivity contribution < 1.29 is 74.8 Å². The Balaban J connectivity index is 0.00000138. The van der Waals surface area contributed by atoms with E-state index in [2.05, 4.69) is 44.2 Å². The van der Waals surface area contributed by atoms with E-state index >= 15 is 0 Å². The number of aromatic nitrogens is 4. The van der Waals surface area contributed by atoms with E-state index in [0.717, 1.165) is 78.6 Å². The number of benzene rings is 4. The maximum atomic E-state index is 6.23. The second-order valence-electron chi connectivity index (χ2n) is 10.0. The van der Waals surface area contributed by atoms with Crippen LogP contribution in [0.2, 0.25) is 0 Å². The summed E-state index contributed by atoms with van der Waals surface area (Å²) in [5.74, 6) is 3.97. The Bertz CT molecular complexity index is 1970. The van der Waals surface area contributed by atoms with Crippen LogP contribution in [-0.2, 0) is 0 Å². The molecule has 0 aliphatic carbocycles. The van der Waals surface area contributed by atoms with Gasteiger partial charge in [0, 0.05) is 23.3 Å². The average Bonchev–Trinajstić information content (AvgIpc) is 3.75. The lowest BCUT2D eigenvalue weighted by molar-refractivity contribution is -0.331. The van der Waals surface area contributed by atoms with Crippen LogP contribution in [0.3, 0.4) is 0 Å². The molecule has 0 radical (unpaired) electrons. The van der Waals surface area contributed by atoms with Crippen molar-refractivity contribution >= 4 is 33.7 Å². The molecule has 45 heavy (non-hydrogen) atoms. The standard InChI is InChI=1S/C32H24N8O.4ClH/c33-29(34)21-9-11-23-25(15-21)39-31(37-23)19-5-1-17(2-6-19)27-13-14-28(41-27)18-3-7-20(8-4-18)32-38-24-12-10-22(30(35)36)16-26(24)40-32;;;;/h1-16H,(H3,33,34)(H3,35,36)(H,37,39)(H,38,40);4*1H. The molecule has 0 atom stereocenters. The third-order valence-electron chi connectivity index (χ3n) is 7.27. The molecule has 0 saturated heterocycles. The lowest BCUT2D eigenvalue weighted by atomic mass is 10.1. The predicted molar refractivity (Wildman–Crippen MR) is 158 cm³/mol. The van der Waals surface area contributed by atoms with Crippen molar-refractivity contribution in [3.63, 3.8) is 0 Å². The van der Waals surface area contributed by atoms with Crippen LogP contribution in [0, 0.1) is 0 Å². The molecule has 13 heteroatoms. The number of amidine groups is 2. The van der Waals surface area contributed by atoms with Crippen molar-refractivity contribution in [3.8, 4) is 45.4 Å². The molecule has 3 heterocycles. The fourth-order valence-electron chi connectivity index (χ4n) is 5.01. The number of aromatic amines is 4. The van der Waals surface area contributed by atoms with Crippen molar-refractivity contribution in [2.24, 2.45) is 11.5 Å². The van der Waals surface area contributed by atoms with E-state index in [1.165, 1.54) is 0 Å². The number of imidazole rings is 2. The Hall–Kier alpha value is -4.80. The topological polar surface area (TPSA) is 176 Å². The Morgan fingerprint density at radius 2 is 0.867 bits per heavy atom. The van der Waals surface area contributed by atoms with Crippen LogP contribution >= 0.6 is 0 Å². The second-order valence-corrected chi connectivity index (χ2v) is 10.0. The number of nitrogens with one attached hydrogen (secondary N) is 4. The quantitative estimate of drug-likeness (QED) is 0.0757. The minimum absolute atomic E-state index is 0. The van der Waals surface area contributed by atoms with Crippen molar-refractivity contribution in [1.29, 1.82) is 0 Å². The molecule has 4 aromatic carbocycles. The summed E-state index contributed by atoms with van der Waals surface area (Å²) in [5, 5.41) is 11.5. The van der Waals surface area contributed by atoms with Crippen LogP contribution in [0.15, 0.2) is 101 Å². The minimum atomic E-state index is 0. The highest BCUT2D eigenvalue weighted by molar-refractivity contribution is 5.96. The number of hydrogen-bond acceptors (Lipinski definition) is 1. The summed E-state index contributed by atoms with van der Waals surface area (Å²) in [6, 6.07) is 32.0. The summed E-state index contributed by atoms with van der Waals surface area (Å²) in [4.78, 5) is 13.6. The van der Waals surface area contributed by atoms with E-state index in [-0.39, 0.29) is 49.6 Å². The Morgan fingerprint density at radius 1 is 0.511 bits per heavy atom. The zero-order chi connectivity index (χ0) is 28.1. The zero-order valence-electron chi connectivity index (χ0n) is 23.5. The van der Waals surface area contributed by atoms with E-state index in [1.807, 2.05) is 72.8 Å². The fourth-order valence-corrected chi connectivity index (χ4v) is 5.01. The zero-order valence-corrected chi connectivity index (χ0v) is 26.5. The predicted octanol–water partition coefficient (Wildman–Crippen LogP) is -10.5.